The molecule has 2 aromatic rings. The zero-order chi connectivity index (χ0) is 16.4. The van der Waals surface area contributed by atoms with Crippen molar-refractivity contribution in [3.8, 4) is 11.3 Å². The van der Waals surface area contributed by atoms with Gasteiger partial charge in [0.1, 0.15) is 0 Å². The molecule has 120 valence electrons. The van der Waals surface area contributed by atoms with Crippen LogP contribution in [-0.2, 0) is 4.79 Å². The zero-order valence-corrected chi connectivity index (χ0v) is 14.7. The first-order valence-electron chi connectivity index (χ1n) is 8.03. The average Bonchev–Trinajstić information content (AvgIpc) is 3.10. The van der Waals surface area contributed by atoms with Gasteiger partial charge in [0.05, 0.1) is 5.69 Å². The maximum Gasteiger partial charge on any atom is 0.226 e. The van der Waals surface area contributed by atoms with E-state index in [9.17, 15) is 4.79 Å². The molecule has 3 rings (SSSR count). The summed E-state index contributed by atoms with van der Waals surface area (Å²) in [5.74, 6) is 0.441. The molecule has 0 spiro atoms. The molecule has 3 nitrogen and oxygen atoms in total. The van der Waals surface area contributed by atoms with Crippen LogP contribution in [0, 0.1) is 26.7 Å². The Kier molecular flexibility index (Phi) is 4.62. The molecule has 1 amide bonds. The first-order chi connectivity index (χ1) is 11.0. The molecule has 1 aromatic heterocycles. The number of hydrogen-bond acceptors (Lipinski definition) is 3. The second kappa shape index (κ2) is 6.67. The summed E-state index contributed by atoms with van der Waals surface area (Å²) >= 11 is 1.49. The molecule has 1 aromatic carbocycles. The Bertz CT molecular complexity index is 737. The van der Waals surface area contributed by atoms with Crippen LogP contribution in [0.5, 0.6) is 0 Å². The van der Waals surface area contributed by atoms with Gasteiger partial charge in [0.2, 0.25) is 5.91 Å². The second-order valence-electron chi connectivity index (χ2n) is 6.33. The molecule has 0 bridgehead atoms. The van der Waals surface area contributed by atoms with Crippen LogP contribution in [0.4, 0.5) is 5.13 Å². The summed E-state index contributed by atoms with van der Waals surface area (Å²) in [7, 11) is 0. The Balaban J connectivity index is 1.73. The van der Waals surface area contributed by atoms with E-state index in [1.54, 1.807) is 0 Å². The molecular weight excluding hydrogens is 304 g/mol. The van der Waals surface area contributed by atoms with Crippen LogP contribution in [0.25, 0.3) is 11.3 Å². The number of benzene rings is 1. The number of anilines is 1. The molecule has 23 heavy (non-hydrogen) atoms. The van der Waals surface area contributed by atoms with E-state index >= 15 is 0 Å². The van der Waals surface area contributed by atoms with E-state index in [-0.39, 0.29) is 5.91 Å². The number of rotatable bonds is 4. The Morgan fingerprint density at radius 2 is 2.04 bits per heavy atom. The van der Waals surface area contributed by atoms with Crippen LogP contribution < -0.4 is 5.32 Å². The Morgan fingerprint density at radius 3 is 2.70 bits per heavy atom. The predicted octanol–water partition coefficient (Wildman–Crippen LogP) is 5.03. The van der Waals surface area contributed by atoms with Gasteiger partial charge in [-0.15, -0.1) is 11.3 Å². The first kappa shape index (κ1) is 15.9. The zero-order valence-electron chi connectivity index (χ0n) is 13.8. The molecule has 1 unspecified atom stereocenters. The lowest BCUT2D eigenvalue weighted by atomic mass is 9.98. The minimum atomic E-state index is 0.0554. The van der Waals surface area contributed by atoms with E-state index in [0.717, 1.165) is 18.5 Å². The van der Waals surface area contributed by atoms with Gasteiger partial charge in [0.25, 0.3) is 0 Å². The Hall–Kier alpha value is -1.94. The van der Waals surface area contributed by atoms with Crippen molar-refractivity contribution in [3.63, 3.8) is 0 Å². The van der Waals surface area contributed by atoms with E-state index in [1.807, 2.05) is 5.38 Å². The van der Waals surface area contributed by atoms with Crippen molar-refractivity contribution in [2.75, 3.05) is 5.32 Å². The van der Waals surface area contributed by atoms with Gasteiger partial charge in [-0.1, -0.05) is 29.8 Å². The summed E-state index contributed by atoms with van der Waals surface area (Å²) in [5, 5.41) is 5.65. The van der Waals surface area contributed by atoms with Gasteiger partial charge >= 0.3 is 0 Å². The highest BCUT2D eigenvalue weighted by Crippen LogP contribution is 2.31. The molecule has 1 aliphatic carbocycles. The van der Waals surface area contributed by atoms with Gasteiger partial charge in [-0.3, -0.25) is 4.79 Å². The fraction of sp³-hybridized carbons (Fsp3) is 0.368. The first-order valence-corrected chi connectivity index (χ1v) is 8.91. The molecule has 1 aliphatic rings. The average molecular weight is 326 g/mol. The van der Waals surface area contributed by atoms with Crippen molar-refractivity contribution in [1.82, 2.24) is 4.98 Å². The van der Waals surface area contributed by atoms with Gasteiger partial charge in [0.15, 0.2) is 5.13 Å². The van der Waals surface area contributed by atoms with E-state index in [0.29, 0.717) is 17.5 Å². The largest absolute Gasteiger partial charge is 0.302 e. The maximum atomic E-state index is 12.1. The van der Waals surface area contributed by atoms with E-state index < -0.39 is 0 Å². The van der Waals surface area contributed by atoms with Crippen molar-refractivity contribution in [3.05, 3.63) is 46.4 Å². The smallest absolute Gasteiger partial charge is 0.226 e. The summed E-state index contributed by atoms with van der Waals surface area (Å²) in [4.78, 5) is 16.7. The molecule has 0 saturated carbocycles. The number of nitrogens with one attached hydrogen (secondary N) is 1. The number of carbonyl (C=O) groups excluding carboxylic acids is 1. The summed E-state index contributed by atoms with van der Waals surface area (Å²) in [6.07, 6.45) is 7.02. The SMILES string of the molecule is Cc1cc(C)c(-c2csc(NC(=O)CC3C=CCC3)n2)c(C)c1. The van der Waals surface area contributed by atoms with Crippen molar-refractivity contribution in [2.24, 2.45) is 5.92 Å². The number of hydrogen-bond donors (Lipinski definition) is 1. The van der Waals surface area contributed by atoms with E-state index in [1.165, 1.54) is 33.6 Å². The topological polar surface area (TPSA) is 42.0 Å². The number of nitrogens with zero attached hydrogens (tertiary/aromatic N) is 1. The summed E-state index contributed by atoms with van der Waals surface area (Å²) in [5.41, 5.74) is 5.83. The molecular formula is C19H22N2OS. The maximum absolute atomic E-state index is 12.1. The number of thiazole rings is 1. The fourth-order valence-corrected chi connectivity index (χ4v) is 4.02. The quantitative estimate of drug-likeness (QED) is 0.801. The van der Waals surface area contributed by atoms with Gasteiger partial charge in [-0.05, 0) is 50.7 Å². The molecule has 1 atom stereocenters. The number of carbonyl (C=O) groups is 1. The molecule has 0 radical (unpaired) electrons. The van der Waals surface area contributed by atoms with Crippen molar-refractivity contribution >= 4 is 22.4 Å². The lowest BCUT2D eigenvalue weighted by Crippen LogP contribution is -2.14. The molecule has 4 heteroatoms. The predicted molar refractivity (Wildman–Crippen MR) is 96.9 cm³/mol. The van der Waals surface area contributed by atoms with Crippen molar-refractivity contribution in [1.29, 1.82) is 0 Å². The Labute approximate surface area is 141 Å². The highest BCUT2D eigenvalue weighted by atomic mass is 32.1. The van der Waals surface area contributed by atoms with Crippen LogP contribution in [0.15, 0.2) is 29.7 Å². The third-order valence-corrected chi connectivity index (χ3v) is 5.00. The molecule has 1 N–H and O–H groups in total. The lowest BCUT2D eigenvalue weighted by Gasteiger charge is -2.09. The van der Waals surface area contributed by atoms with Gasteiger partial charge in [-0.2, -0.15) is 0 Å². The van der Waals surface area contributed by atoms with Crippen molar-refractivity contribution < 1.29 is 4.79 Å². The second-order valence-corrected chi connectivity index (χ2v) is 7.19. The standard InChI is InChI=1S/C19H22N2OS/c1-12-8-13(2)18(14(3)9-12)16-11-23-19(20-16)21-17(22)10-15-6-4-5-7-15/h4,6,8-9,11,15H,5,7,10H2,1-3H3,(H,20,21,22). The molecule has 0 fully saturated rings. The third-order valence-electron chi connectivity index (χ3n) is 4.24. The van der Waals surface area contributed by atoms with Crippen molar-refractivity contribution in [2.45, 2.75) is 40.0 Å². The third kappa shape index (κ3) is 3.70. The van der Waals surface area contributed by atoms with E-state index in [4.69, 9.17) is 0 Å². The van der Waals surface area contributed by atoms with E-state index in [2.05, 4.69) is 55.4 Å². The highest BCUT2D eigenvalue weighted by molar-refractivity contribution is 7.14. The summed E-state index contributed by atoms with van der Waals surface area (Å²) in [6.45, 7) is 6.33. The number of aryl methyl sites for hydroxylation is 3. The number of allylic oxidation sites excluding steroid dienone is 2. The van der Waals surface area contributed by atoms with Gasteiger partial charge < -0.3 is 5.32 Å². The van der Waals surface area contributed by atoms with Crippen LogP contribution in [0.3, 0.4) is 0 Å². The summed E-state index contributed by atoms with van der Waals surface area (Å²) in [6, 6.07) is 4.35. The van der Waals surface area contributed by atoms with Crippen LogP contribution in [0.1, 0.15) is 36.0 Å². The number of aromatic nitrogens is 1. The van der Waals surface area contributed by atoms with Gasteiger partial charge in [-0.25, -0.2) is 4.98 Å². The number of amides is 1. The molecule has 1 heterocycles. The minimum Gasteiger partial charge on any atom is -0.302 e. The normalized spacial score (nSPS) is 16.7. The minimum absolute atomic E-state index is 0.0554. The molecule has 0 saturated heterocycles. The van der Waals surface area contributed by atoms with Crippen LogP contribution >= 0.6 is 11.3 Å². The van der Waals surface area contributed by atoms with Crippen LogP contribution in [-0.4, -0.2) is 10.9 Å². The molecule has 0 aliphatic heterocycles. The monoisotopic (exact) mass is 326 g/mol. The fourth-order valence-electron chi connectivity index (χ4n) is 3.30. The van der Waals surface area contributed by atoms with Crippen LogP contribution in [0.2, 0.25) is 0 Å². The van der Waals surface area contributed by atoms with Gasteiger partial charge in [0, 0.05) is 17.4 Å². The lowest BCUT2D eigenvalue weighted by molar-refractivity contribution is -0.116. The Morgan fingerprint density at radius 1 is 1.30 bits per heavy atom. The summed E-state index contributed by atoms with van der Waals surface area (Å²) < 4.78 is 0. The highest BCUT2D eigenvalue weighted by Gasteiger charge is 2.16.